The molecule has 100 valence electrons. The lowest BCUT2D eigenvalue weighted by Crippen LogP contribution is -2.25. The molecule has 1 aliphatic rings. The highest BCUT2D eigenvalue weighted by atomic mass is 16.5. The average Bonchev–Trinajstić information content (AvgIpc) is 2.89. The van der Waals surface area contributed by atoms with Crippen molar-refractivity contribution in [1.82, 2.24) is 14.8 Å². The van der Waals surface area contributed by atoms with Gasteiger partial charge in [0.15, 0.2) is 5.82 Å². The van der Waals surface area contributed by atoms with Crippen LogP contribution in [0, 0.1) is 0 Å². The Labute approximate surface area is 112 Å². The zero-order chi connectivity index (χ0) is 13.4. The summed E-state index contributed by atoms with van der Waals surface area (Å²) in [7, 11) is 1.66. The van der Waals surface area contributed by atoms with Crippen molar-refractivity contribution in [3.05, 3.63) is 30.1 Å². The summed E-state index contributed by atoms with van der Waals surface area (Å²) in [6, 6.07) is 8.13. The van der Waals surface area contributed by atoms with Crippen molar-refractivity contribution in [2.75, 3.05) is 7.11 Å². The van der Waals surface area contributed by atoms with Gasteiger partial charge in [-0.15, -0.1) is 0 Å². The van der Waals surface area contributed by atoms with Crippen molar-refractivity contribution in [1.29, 1.82) is 0 Å². The predicted molar refractivity (Wildman–Crippen MR) is 72.9 cm³/mol. The molecule has 0 saturated carbocycles. The van der Waals surface area contributed by atoms with Crippen molar-refractivity contribution < 1.29 is 4.74 Å². The summed E-state index contributed by atoms with van der Waals surface area (Å²) in [6.07, 6.45) is 2.03. The zero-order valence-electron chi connectivity index (χ0n) is 11.2. The minimum atomic E-state index is -0.00398. The quantitative estimate of drug-likeness (QED) is 0.897. The first-order chi connectivity index (χ1) is 9.19. The number of methoxy groups -OCH3 is 1. The van der Waals surface area contributed by atoms with E-state index in [0.717, 1.165) is 35.8 Å². The van der Waals surface area contributed by atoms with Crippen LogP contribution in [0.25, 0.3) is 11.4 Å². The van der Waals surface area contributed by atoms with Crippen LogP contribution >= 0.6 is 0 Å². The van der Waals surface area contributed by atoms with Crippen molar-refractivity contribution >= 4 is 0 Å². The molecule has 0 radical (unpaired) electrons. The number of aromatic nitrogens is 3. The summed E-state index contributed by atoms with van der Waals surface area (Å²) in [6.45, 7) is 2.15. The fraction of sp³-hybridized carbons (Fsp3) is 0.429. The smallest absolute Gasteiger partial charge is 0.181 e. The molecule has 0 amide bonds. The number of nitrogens with two attached hydrogens (primary N) is 1. The molecule has 2 atom stereocenters. The number of rotatable bonds is 2. The molecule has 0 spiro atoms. The Bertz CT molecular complexity index is 548. The summed E-state index contributed by atoms with van der Waals surface area (Å²) < 4.78 is 7.12. The molecule has 5 heteroatoms. The molecule has 0 aliphatic carbocycles. The van der Waals surface area contributed by atoms with Gasteiger partial charge in [0.05, 0.1) is 19.2 Å². The van der Waals surface area contributed by atoms with E-state index in [1.807, 2.05) is 28.9 Å². The van der Waals surface area contributed by atoms with Crippen LogP contribution in [-0.2, 0) is 0 Å². The molecule has 0 saturated heterocycles. The van der Waals surface area contributed by atoms with Crippen molar-refractivity contribution in [3.63, 3.8) is 0 Å². The van der Waals surface area contributed by atoms with Crippen LogP contribution in [0.4, 0.5) is 0 Å². The lowest BCUT2D eigenvalue weighted by atomic mass is 10.0. The van der Waals surface area contributed by atoms with E-state index in [0.29, 0.717) is 6.04 Å². The number of fused-ring (bicyclic) bond motifs is 1. The highest BCUT2D eigenvalue weighted by Crippen LogP contribution is 2.30. The topological polar surface area (TPSA) is 66.0 Å². The monoisotopic (exact) mass is 258 g/mol. The molecule has 2 heterocycles. The van der Waals surface area contributed by atoms with Crippen LogP contribution in [0.2, 0.25) is 0 Å². The van der Waals surface area contributed by atoms with E-state index in [1.165, 1.54) is 0 Å². The van der Waals surface area contributed by atoms with Crippen LogP contribution in [-0.4, -0.2) is 21.9 Å². The highest BCUT2D eigenvalue weighted by molar-refractivity contribution is 5.56. The van der Waals surface area contributed by atoms with Crippen molar-refractivity contribution in [3.8, 4) is 17.1 Å². The molecule has 2 N–H and O–H groups in total. The first-order valence-corrected chi connectivity index (χ1v) is 6.55. The van der Waals surface area contributed by atoms with Crippen LogP contribution in [0.1, 0.15) is 37.7 Å². The van der Waals surface area contributed by atoms with Gasteiger partial charge in [0.25, 0.3) is 0 Å². The Morgan fingerprint density at radius 3 is 2.63 bits per heavy atom. The second kappa shape index (κ2) is 4.66. The number of ether oxygens (including phenoxy) is 1. The van der Waals surface area contributed by atoms with Crippen molar-refractivity contribution in [2.24, 2.45) is 5.73 Å². The number of hydrogen-bond donors (Lipinski definition) is 1. The molecule has 0 bridgehead atoms. The molecule has 1 aromatic carbocycles. The maximum atomic E-state index is 6.10. The average molecular weight is 258 g/mol. The third-order valence-electron chi connectivity index (χ3n) is 3.65. The van der Waals surface area contributed by atoms with E-state index >= 15 is 0 Å². The highest BCUT2D eigenvalue weighted by Gasteiger charge is 2.25. The standard InChI is InChI=1S/C14H18N4O/c1-9-3-8-12(15)14-16-13(17-18(9)14)10-4-6-11(19-2)7-5-10/h4-7,9,12H,3,8,15H2,1-2H3. The summed E-state index contributed by atoms with van der Waals surface area (Å²) in [5.41, 5.74) is 7.09. The fourth-order valence-electron chi connectivity index (χ4n) is 2.45. The Morgan fingerprint density at radius 2 is 2.00 bits per heavy atom. The summed E-state index contributed by atoms with van der Waals surface area (Å²) >= 11 is 0. The summed E-state index contributed by atoms with van der Waals surface area (Å²) in [4.78, 5) is 4.59. The second-order valence-corrected chi connectivity index (χ2v) is 5.00. The van der Waals surface area contributed by atoms with Crippen LogP contribution in [0.5, 0.6) is 5.75 Å². The summed E-state index contributed by atoms with van der Waals surface area (Å²) in [5, 5.41) is 4.59. The maximum absolute atomic E-state index is 6.10. The van der Waals surface area contributed by atoms with Gasteiger partial charge in [-0.1, -0.05) is 0 Å². The van der Waals surface area contributed by atoms with E-state index in [4.69, 9.17) is 10.5 Å². The zero-order valence-corrected chi connectivity index (χ0v) is 11.2. The lowest BCUT2D eigenvalue weighted by Gasteiger charge is -2.23. The second-order valence-electron chi connectivity index (χ2n) is 5.00. The van der Waals surface area contributed by atoms with E-state index < -0.39 is 0 Å². The Hall–Kier alpha value is -1.88. The minimum absolute atomic E-state index is 0.00398. The Kier molecular flexibility index (Phi) is 2.98. The van der Waals surface area contributed by atoms with Gasteiger partial charge in [-0.25, -0.2) is 9.67 Å². The number of hydrogen-bond acceptors (Lipinski definition) is 4. The molecular formula is C14H18N4O. The largest absolute Gasteiger partial charge is 0.497 e. The molecule has 1 aliphatic heterocycles. The third-order valence-corrected chi connectivity index (χ3v) is 3.65. The Morgan fingerprint density at radius 1 is 1.26 bits per heavy atom. The van der Waals surface area contributed by atoms with Crippen LogP contribution in [0.15, 0.2) is 24.3 Å². The van der Waals surface area contributed by atoms with E-state index in [1.54, 1.807) is 7.11 Å². The van der Waals surface area contributed by atoms with Crippen LogP contribution < -0.4 is 10.5 Å². The van der Waals surface area contributed by atoms with E-state index in [9.17, 15) is 0 Å². The van der Waals surface area contributed by atoms with Gasteiger partial charge in [-0.05, 0) is 44.0 Å². The normalized spacial score (nSPS) is 22.1. The van der Waals surface area contributed by atoms with Gasteiger partial charge in [0.2, 0.25) is 0 Å². The fourth-order valence-corrected chi connectivity index (χ4v) is 2.45. The number of benzene rings is 1. The van der Waals surface area contributed by atoms with Gasteiger partial charge in [-0.2, -0.15) is 5.10 Å². The Balaban J connectivity index is 1.99. The van der Waals surface area contributed by atoms with Crippen LogP contribution in [0.3, 0.4) is 0 Å². The van der Waals surface area contributed by atoms with Gasteiger partial charge in [-0.3, -0.25) is 0 Å². The van der Waals surface area contributed by atoms with Gasteiger partial charge < -0.3 is 10.5 Å². The molecule has 3 rings (SSSR count). The summed E-state index contributed by atoms with van der Waals surface area (Å²) in [5.74, 6) is 2.46. The molecule has 1 aromatic heterocycles. The minimum Gasteiger partial charge on any atom is -0.497 e. The maximum Gasteiger partial charge on any atom is 0.181 e. The van der Waals surface area contributed by atoms with Gasteiger partial charge >= 0.3 is 0 Å². The molecule has 2 aromatic rings. The molecule has 19 heavy (non-hydrogen) atoms. The number of nitrogens with zero attached hydrogens (tertiary/aromatic N) is 3. The van der Waals surface area contributed by atoms with E-state index in [2.05, 4.69) is 17.0 Å². The van der Waals surface area contributed by atoms with Crippen molar-refractivity contribution in [2.45, 2.75) is 31.8 Å². The first-order valence-electron chi connectivity index (χ1n) is 6.55. The molecule has 5 nitrogen and oxygen atoms in total. The predicted octanol–water partition coefficient (Wildman–Crippen LogP) is 2.31. The molecule has 2 unspecified atom stereocenters. The van der Waals surface area contributed by atoms with E-state index in [-0.39, 0.29) is 6.04 Å². The SMILES string of the molecule is COc1ccc(-c2nc3n(n2)C(C)CCC3N)cc1. The van der Waals surface area contributed by atoms with Gasteiger partial charge in [0, 0.05) is 5.56 Å². The van der Waals surface area contributed by atoms with Gasteiger partial charge in [0.1, 0.15) is 11.6 Å². The first kappa shape index (κ1) is 12.2. The molecule has 0 fully saturated rings. The lowest BCUT2D eigenvalue weighted by molar-refractivity contribution is 0.350. The third kappa shape index (κ3) is 2.10. The molecular weight excluding hydrogens is 240 g/mol.